The zero-order chi connectivity index (χ0) is 14.1. The SMILES string of the molecule is [NH3+][C@@H](CCCNC(=O)OCc1ccccc1)C(=O)[O-]. The third kappa shape index (κ3) is 6.42. The van der Waals surface area contributed by atoms with Gasteiger partial charge in [0.1, 0.15) is 12.6 Å². The fourth-order valence-corrected chi connectivity index (χ4v) is 1.43. The Hall–Kier alpha value is -2.08. The lowest BCUT2D eigenvalue weighted by atomic mass is 10.2. The number of carboxylic acid groups (broad SMARTS) is 1. The number of hydrogen-bond acceptors (Lipinski definition) is 4. The lowest BCUT2D eigenvalue weighted by molar-refractivity contribution is -0.438. The molecule has 0 aliphatic heterocycles. The third-order valence-corrected chi connectivity index (χ3v) is 2.54. The van der Waals surface area contributed by atoms with Crippen LogP contribution in [0, 0.1) is 0 Å². The van der Waals surface area contributed by atoms with Gasteiger partial charge in [0.15, 0.2) is 0 Å². The van der Waals surface area contributed by atoms with Gasteiger partial charge in [-0.3, -0.25) is 0 Å². The van der Waals surface area contributed by atoms with E-state index in [4.69, 9.17) is 4.74 Å². The van der Waals surface area contributed by atoms with Crippen LogP contribution in [0.15, 0.2) is 30.3 Å². The predicted molar refractivity (Wildman–Crippen MR) is 65.5 cm³/mol. The average Bonchev–Trinajstić information content (AvgIpc) is 2.42. The summed E-state index contributed by atoms with van der Waals surface area (Å²) in [6.07, 6.45) is 0.363. The van der Waals surface area contributed by atoms with Crippen LogP contribution in [0.4, 0.5) is 4.79 Å². The summed E-state index contributed by atoms with van der Waals surface area (Å²) in [5.41, 5.74) is 4.33. The molecule has 6 heteroatoms. The van der Waals surface area contributed by atoms with Crippen LogP contribution >= 0.6 is 0 Å². The van der Waals surface area contributed by atoms with Crippen LogP contribution in [-0.4, -0.2) is 24.6 Å². The van der Waals surface area contributed by atoms with E-state index in [0.29, 0.717) is 19.4 Å². The van der Waals surface area contributed by atoms with Gasteiger partial charge in [-0.15, -0.1) is 0 Å². The van der Waals surface area contributed by atoms with Crippen molar-refractivity contribution in [3.05, 3.63) is 35.9 Å². The zero-order valence-electron chi connectivity index (χ0n) is 10.6. The first-order valence-electron chi connectivity index (χ1n) is 6.08. The van der Waals surface area contributed by atoms with E-state index >= 15 is 0 Å². The molecule has 1 aromatic rings. The number of quaternary nitrogens is 1. The van der Waals surface area contributed by atoms with Crippen molar-refractivity contribution in [2.24, 2.45) is 0 Å². The van der Waals surface area contributed by atoms with E-state index in [1.54, 1.807) is 0 Å². The van der Waals surface area contributed by atoms with Crippen LogP contribution in [0.1, 0.15) is 18.4 Å². The summed E-state index contributed by atoms with van der Waals surface area (Å²) in [6.45, 7) is 0.566. The molecular formula is C13H18N2O4. The summed E-state index contributed by atoms with van der Waals surface area (Å²) in [6, 6.07) is 8.59. The molecule has 0 radical (unpaired) electrons. The van der Waals surface area contributed by atoms with E-state index in [1.807, 2.05) is 30.3 Å². The quantitative estimate of drug-likeness (QED) is 0.621. The number of ether oxygens (including phenoxy) is 1. The highest BCUT2D eigenvalue weighted by molar-refractivity contribution is 5.69. The molecule has 0 unspecified atom stereocenters. The van der Waals surface area contributed by atoms with E-state index in [9.17, 15) is 14.7 Å². The standard InChI is InChI=1S/C13H18N2O4/c14-11(12(16)17)7-4-8-15-13(18)19-9-10-5-2-1-3-6-10/h1-3,5-6,11H,4,7-9,14H2,(H,15,18)(H,16,17)/t11-/m0/s1. The summed E-state index contributed by atoms with van der Waals surface area (Å²) in [5, 5.41) is 12.9. The number of hydrogen-bond donors (Lipinski definition) is 2. The molecule has 1 rings (SSSR count). The Morgan fingerprint density at radius 3 is 2.63 bits per heavy atom. The number of nitrogens with one attached hydrogen (secondary N) is 1. The molecule has 0 heterocycles. The fourth-order valence-electron chi connectivity index (χ4n) is 1.43. The number of aliphatic carboxylic acids is 1. The molecule has 0 fully saturated rings. The van der Waals surface area contributed by atoms with Gasteiger partial charge in [0.05, 0.1) is 5.97 Å². The Balaban J connectivity index is 2.10. The van der Waals surface area contributed by atoms with Crippen molar-refractivity contribution < 1.29 is 25.2 Å². The molecule has 19 heavy (non-hydrogen) atoms. The Bertz CT molecular complexity index is 408. The molecule has 1 amide bonds. The Labute approximate surface area is 111 Å². The van der Waals surface area contributed by atoms with Crippen molar-refractivity contribution in [3.8, 4) is 0 Å². The molecule has 0 aliphatic rings. The minimum Gasteiger partial charge on any atom is -0.544 e. The van der Waals surface area contributed by atoms with Crippen LogP contribution in [0.25, 0.3) is 0 Å². The van der Waals surface area contributed by atoms with E-state index in [-0.39, 0.29) is 6.61 Å². The fraction of sp³-hybridized carbons (Fsp3) is 0.385. The van der Waals surface area contributed by atoms with Gasteiger partial charge in [-0.05, 0) is 12.0 Å². The number of carboxylic acids is 1. The molecule has 1 atom stereocenters. The Morgan fingerprint density at radius 2 is 2.00 bits per heavy atom. The van der Waals surface area contributed by atoms with Crippen LogP contribution in [-0.2, 0) is 16.1 Å². The molecule has 6 nitrogen and oxygen atoms in total. The van der Waals surface area contributed by atoms with E-state index in [1.165, 1.54) is 0 Å². The second-order valence-corrected chi connectivity index (χ2v) is 4.15. The summed E-state index contributed by atoms with van der Waals surface area (Å²) in [4.78, 5) is 21.7. The molecule has 0 aliphatic carbocycles. The van der Waals surface area contributed by atoms with Crippen molar-refractivity contribution in [1.82, 2.24) is 5.32 Å². The second kappa shape index (κ2) is 8.10. The van der Waals surface area contributed by atoms with Crippen molar-refractivity contribution in [2.45, 2.75) is 25.5 Å². The molecule has 0 saturated carbocycles. The maximum Gasteiger partial charge on any atom is 0.407 e. The molecule has 0 spiro atoms. The maximum absolute atomic E-state index is 11.3. The second-order valence-electron chi connectivity index (χ2n) is 4.15. The molecule has 104 valence electrons. The number of alkyl carbamates (subject to hydrolysis) is 1. The normalized spacial score (nSPS) is 11.6. The van der Waals surface area contributed by atoms with Gasteiger partial charge in [0, 0.05) is 13.0 Å². The first-order chi connectivity index (χ1) is 9.09. The largest absolute Gasteiger partial charge is 0.544 e. The van der Waals surface area contributed by atoms with Gasteiger partial charge >= 0.3 is 6.09 Å². The van der Waals surface area contributed by atoms with Crippen molar-refractivity contribution in [3.63, 3.8) is 0 Å². The predicted octanol–water partition coefficient (Wildman–Crippen LogP) is -0.947. The van der Waals surface area contributed by atoms with Crippen LogP contribution in [0.5, 0.6) is 0 Å². The monoisotopic (exact) mass is 266 g/mol. The highest BCUT2D eigenvalue weighted by Gasteiger charge is 2.07. The summed E-state index contributed by atoms with van der Waals surface area (Å²) in [7, 11) is 0. The van der Waals surface area contributed by atoms with Gasteiger partial charge < -0.3 is 25.7 Å². The summed E-state index contributed by atoms with van der Waals surface area (Å²) >= 11 is 0. The Kier molecular flexibility index (Phi) is 6.38. The first-order valence-corrected chi connectivity index (χ1v) is 6.08. The number of carbonyl (C=O) groups is 2. The maximum atomic E-state index is 11.3. The molecule has 1 aromatic carbocycles. The lowest BCUT2D eigenvalue weighted by Gasteiger charge is -2.10. The van der Waals surface area contributed by atoms with Crippen molar-refractivity contribution >= 4 is 12.1 Å². The minimum absolute atomic E-state index is 0.212. The minimum atomic E-state index is -1.17. The van der Waals surface area contributed by atoms with E-state index in [2.05, 4.69) is 11.1 Å². The molecule has 0 bridgehead atoms. The third-order valence-electron chi connectivity index (χ3n) is 2.54. The van der Waals surface area contributed by atoms with Crippen LogP contribution < -0.4 is 16.2 Å². The topological polar surface area (TPSA) is 106 Å². The smallest absolute Gasteiger partial charge is 0.407 e. The molecule has 4 N–H and O–H groups in total. The molecule has 0 saturated heterocycles. The van der Waals surface area contributed by atoms with Crippen molar-refractivity contribution in [1.29, 1.82) is 0 Å². The first kappa shape index (κ1) is 15.0. The average molecular weight is 266 g/mol. The van der Waals surface area contributed by atoms with Gasteiger partial charge in [-0.1, -0.05) is 30.3 Å². The summed E-state index contributed by atoms with van der Waals surface area (Å²) < 4.78 is 4.99. The number of amides is 1. The van der Waals surface area contributed by atoms with E-state index in [0.717, 1.165) is 5.56 Å². The number of rotatable bonds is 7. The highest BCUT2D eigenvalue weighted by atomic mass is 16.5. The van der Waals surface area contributed by atoms with Gasteiger partial charge in [-0.25, -0.2) is 4.79 Å². The Morgan fingerprint density at radius 1 is 1.32 bits per heavy atom. The van der Waals surface area contributed by atoms with Gasteiger partial charge in [-0.2, -0.15) is 0 Å². The molecule has 0 aromatic heterocycles. The molecular weight excluding hydrogens is 248 g/mol. The summed E-state index contributed by atoms with van der Waals surface area (Å²) in [5.74, 6) is -1.17. The highest BCUT2D eigenvalue weighted by Crippen LogP contribution is 2.00. The zero-order valence-corrected chi connectivity index (χ0v) is 10.6. The lowest BCUT2D eigenvalue weighted by Crippen LogP contribution is -2.68. The van der Waals surface area contributed by atoms with Gasteiger partial charge in [0.25, 0.3) is 0 Å². The van der Waals surface area contributed by atoms with Gasteiger partial charge in [0.2, 0.25) is 0 Å². The van der Waals surface area contributed by atoms with E-state index < -0.39 is 18.1 Å². The number of carbonyl (C=O) groups excluding carboxylic acids is 2. The number of benzene rings is 1. The van der Waals surface area contributed by atoms with Crippen molar-refractivity contribution in [2.75, 3.05) is 6.54 Å². The van der Waals surface area contributed by atoms with Crippen LogP contribution in [0.3, 0.4) is 0 Å². The van der Waals surface area contributed by atoms with Crippen LogP contribution in [0.2, 0.25) is 0 Å².